The molecule has 0 N–H and O–H groups in total. The van der Waals surface area contributed by atoms with E-state index in [9.17, 15) is 13.6 Å². The number of carbonyl (C=O) groups excluding carboxylic acids is 1. The number of hydrogen-bond donors (Lipinski definition) is 0. The molecule has 4 nitrogen and oxygen atoms in total. The highest BCUT2D eigenvalue weighted by atomic mass is 35.5. The summed E-state index contributed by atoms with van der Waals surface area (Å²) in [5, 5.41) is 1.88. The molecule has 0 aliphatic carbocycles. The van der Waals surface area contributed by atoms with Gasteiger partial charge in [-0.3, -0.25) is 4.79 Å². The first-order valence-electron chi connectivity index (χ1n) is 7.78. The molecule has 1 aromatic heterocycles. The number of aromatic nitrogens is 1. The molecule has 0 radical (unpaired) electrons. The normalized spacial score (nSPS) is 11.0. The zero-order valence-corrected chi connectivity index (χ0v) is 14.6. The number of ether oxygens (including phenoxy) is 1. The van der Waals surface area contributed by atoms with Gasteiger partial charge in [-0.15, -0.1) is 0 Å². The van der Waals surface area contributed by atoms with Crippen molar-refractivity contribution in [2.45, 2.75) is 13.2 Å². The summed E-state index contributed by atoms with van der Waals surface area (Å²) in [7, 11) is 1.64. The van der Waals surface area contributed by atoms with E-state index < -0.39 is 6.61 Å². The summed E-state index contributed by atoms with van der Waals surface area (Å²) in [5.41, 5.74) is 1.02. The van der Waals surface area contributed by atoms with Crippen LogP contribution in [0, 0.1) is 0 Å². The monoisotopic (exact) mass is 376 g/mol. The molecule has 0 saturated carbocycles. The summed E-state index contributed by atoms with van der Waals surface area (Å²) in [4.78, 5) is 18.3. The van der Waals surface area contributed by atoms with Gasteiger partial charge in [-0.2, -0.15) is 8.78 Å². The Morgan fingerprint density at radius 2 is 1.88 bits per heavy atom. The fourth-order valence-corrected chi connectivity index (χ4v) is 2.85. The van der Waals surface area contributed by atoms with Crippen LogP contribution in [0.25, 0.3) is 10.8 Å². The first kappa shape index (κ1) is 18.1. The lowest BCUT2D eigenvalue weighted by atomic mass is 10.1. The van der Waals surface area contributed by atoms with E-state index in [1.54, 1.807) is 25.2 Å². The Morgan fingerprint density at radius 1 is 1.19 bits per heavy atom. The van der Waals surface area contributed by atoms with Gasteiger partial charge in [-0.1, -0.05) is 48.0 Å². The van der Waals surface area contributed by atoms with E-state index in [1.165, 1.54) is 17.0 Å². The van der Waals surface area contributed by atoms with E-state index in [-0.39, 0.29) is 22.5 Å². The van der Waals surface area contributed by atoms with Crippen molar-refractivity contribution in [3.63, 3.8) is 0 Å². The predicted molar refractivity (Wildman–Crippen MR) is 95.6 cm³/mol. The number of hydrogen-bond acceptors (Lipinski definition) is 3. The third-order valence-electron chi connectivity index (χ3n) is 3.83. The van der Waals surface area contributed by atoms with Crippen LogP contribution in [-0.4, -0.2) is 29.5 Å². The molecule has 26 heavy (non-hydrogen) atoms. The van der Waals surface area contributed by atoms with Crippen molar-refractivity contribution in [3.05, 3.63) is 71.0 Å². The van der Waals surface area contributed by atoms with E-state index in [4.69, 9.17) is 11.6 Å². The molecule has 0 aliphatic rings. The standard InChI is InChI=1S/C19H15ClF2N2O2/c1-24(11-12-6-8-14(9-7-12)26-19(21)22)18(25)16-10-13-4-2-3-5-15(13)17(20)23-16/h2-10,19H,11H2,1H3. The summed E-state index contributed by atoms with van der Waals surface area (Å²) < 4.78 is 28.7. The molecule has 0 saturated heterocycles. The molecule has 134 valence electrons. The van der Waals surface area contributed by atoms with Crippen molar-refractivity contribution in [3.8, 4) is 5.75 Å². The molecule has 3 rings (SSSR count). The zero-order valence-electron chi connectivity index (χ0n) is 13.8. The average Bonchev–Trinajstić information content (AvgIpc) is 2.62. The van der Waals surface area contributed by atoms with Crippen LogP contribution in [0.3, 0.4) is 0 Å². The van der Waals surface area contributed by atoms with Crippen LogP contribution in [0.2, 0.25) is 5.15 Å². The molecule has 0 spiro atoms. The second-order valence-electron chi connectivity index (χ2n) is 5.70. The fourth-order valence-electron chi connectivity index (χ4n) is 2.58. The second kappa shape index (κ2) is 7.66. The molecule has 0 atom stereocenters. The molecule has 0 bridgehead atoms. The summed E-state index contributed by atoms with van der Waals surface area (Å²) >= 11 is 6.17. The van der Waals surface area contributed by atoms with Crippen molar-refractivity contribution in [1.82, 2.24) is 9.88 Å². The van der Waals surface area contributed by atoms with E-state index in [1.807, 2.05) is 24.3 Å². The second-order valence-corrected chi connectivity index (χ2v) is 6.06. The minimum atomic E-state index is -2.87. The Balaban J connectivity index is 1.75. The van der Waals surface area contributed by atoms with E-state index in [0.717, 1.165) is 16.3 Å². The van der Waals surface area contributed by atoms with Crippen molar-refractivity contribution >= 4 is 28.3 Å². The SMILES string of the molecule is CN(Cc1ccc(OC(F)F)cc1)C(=O)c1cc2ccccc2c(Cl)n1. The van der Waals surface area contributed by atoms with Crippen LogP contribution < -0.4 is 4.74 Å². The number of halogens is 3. The maximum atomic E-state index is 12.6. The lowest BCUT2D eigenvalue weighted by Crippen LogP contribution is -2.27. The van der Waals surface area contributed by atoms with Gasteiger partial charge < -0.3 is 9.64 Å². The van der Waals surface area contributed by atoms with E-state index in [0.29, 0.717) is 6.54 Å². The van der Waals surface area contributed by atoms with Gasteiger partial charge in [0.05, 0.1) is 0 Å². The third kappa shape index (κ3) is 4.08. The highest BCUT2D eigenvalue weighted by Crippen LogP contribution is 2.23. The van der Waals surface area contributed by atoms with Gasteiger partial charge in [0.25, 0.3) is 5.91 Å². The smallest absolute Gasteiger partial charge is 0.387 e. The average molecular weight is 377 g/mol. The number of nitrogens with zero attached hydrogens (tertiary/aromatic N) is 2. The fraction of sp³-hybridized carbons (Fsp3) is 0.158. The van der Waals surface area contributed by atoms with Crippen LogP contribution in [0.5, 0.6) is 5.75 Å². The molecule has 0 unspecified atom stereocenters. The largest absolute Gasteiger partial charge is 0.435 e. The first-order chi connectivity index (χ1) is 12.4. The lowest BCUT2D eigenvalue weighted by molar-refractivity contribution is -0.0498. The number of carbonyl (C=O) groups is 1. The Bertz CT molecular complexity index is 932. The van der Waals surface area contributed by atoms with Gasteiger partial charge in [0.2, 0.25) is 0 Å². The first-order valence-corrected chi connectivity index (χ1v) is 8.16. The predicted octanol–water partition coefficient (Wildman–Crippen LogP) is 4.76. The quantitative estimate of drug-likeness (QED) is 0.603. The van der Waals surface area contributed by atoms with Gasteiger partial charge in [-0.25, -0.2) is 4.98 Å². The van der Waals surface area contributed by atoms with Crippen molar-refractivity contribution in [2.75, 3.05) is 7.05 Å². The van der Waals surface area contributed by atoms with Gasteiger partial charge in [-0.05, 0) is 29.1 Å². The van der Waals surface area contributed by atoms with Crippen molar-refractivity contribution in [2.24, 2.45) is 0 Å². The maximum Gasteiger partial charge on any atom is 0.387 e. The molecular weight excluding hydrogens is 362 g/mol. The Labute approximate surface area is 154 Å². The molecule has 7 heteroatoms. The number of pyridine rings is 1. The number of fused-ring (bicyclic) bond motifs is 1. The number of alkyl halides is 2. The Morgan fingerprint density at radius 3 is 2.58 bits per heavy atom. The molecule has 0 fully saturated rings. The molecular formula is C19H15ClF2N2O2. The van der Waals surface area contributed by atoms with Crippen LogP contribution >= 0.6 is 11.6 Å². The van der Waals surface area contributed by atoms with Crippen LogP contribution in [0.4, 0.5) is 8.78 Å². The lowest BCUT2D eigenvalue weighted by Gasteiger charge is -2.17. The Kier molecular flexibility index (Phi) is 5.32. The molecule has 1 amide bonds. The summed E-state index contributed by atoms with van der Waals surface area (Å²) in [6.45, 7) is -2.58. The minimum absolute atomic E-state index is 0.0701. The molecule has 2 aromatic carbocycles. The summed E-state index contributed by atoms with van der Waals surface area (Å²) in [6, 6.07) is 15.2. The van der Waals surface area contributed by atoms with Gasteiger partial charge in [0, 0.05) is 19.0 Å². The van der Waals surface area contributed by atoms with Crippen molar-refractivity contribution in [1.29, 1.82) is 0 Å². The summed E-state index contributed by atoms with van der Waals surface area (Å²) in [5.74, 6) is -0.216. The van der Waals surface area contributed by atoms with Crippen LogP contribution in [0.1, 0.15) is 16.1 Å². The highest BCUT2D eigenvalue weighted by Gasteiger charge is 2.16. The number of amides is 1. The van der Waals surface area contributed by atoms with Gasteiger partial charge >= 0.3 is 6.61 Å². The topological polar surface area (TPSA) is 42.4 Å². The molecule has 0 aliphatic heterocycles. The van der Waals surface area contributed by atoms with E-state index >= 15 is 0 Å². The maximum absolute atomic E-state index is 12.6. The molecule has 1 heterocycles. The zero-order chi connectivity index (χ0) is 18.7. The molecule has 3 aromatic rings. The number of rotatable bonds is 5. The number of benzene rings is 2. The van der Waals surface area contributed by atoms with Crippen molar-refractivity contribution < 1.29 is 18.3 Å². The summed E-state index contributed by atoms with van der Waals surface area (Å²) in [6.07, 6.45) is 0. The van der Waals surface area contributed by atoms with E-state index in [2.05, 4.69) is 9.72 Å². The van der Waals surface area contributed by atoms with Gasteiger partial charge in [0.15, 0.2) is 0 Å². The third-order valence-corrected chi connectivity index (χ3v) is 4.12. The van der Waals surface area contributed by atoms with Crippen LogP contribution in [-0.2, 0) is 6.54 Å². The Hall–Kier alpha value is -2.73. The van der Waals surface area contributed by atoms with Crippen LogP contribution in [0.15, 0.2) is 54.6 Å². The van der Waals surface area contributed by atoms with Gasteiger partial charge in [0.1, 0.15) is 16.6 Å². The minimum Gasteiger partial charge on any atom is -0.435 e. The highest BCUT2D eigenvalue weighted by molar-refractivity contribution is 6.34.